The zero-order valence-electron chi connectivity index (χ0n) is 7.59. The third-order valence-corrected chi connectivity index (χ3v) is 2.05. The highest BCUT2D eigenvalue weighted by Gasteiger charge is 2.06. The topological polar surface area (TPSA) is 35.2 Å². The Morgan fingerprint density at radius 3 is 2.79 bits per heavy atom. The van der Waals surface area contributed by atoms with Crippen molar-refractivity contribution in [3.8, 4) is 5.75 Å². The molecule has 0 aliphatic heterocycles. The molecule has 1 aromatic carbocycles. The van der Waals surface area contributed by atoms with Crippen LogP contribution in [-0.2, 0) is 6.54 Å². The second kappa shape index (κ2) is 5.25. The highest BCUT2D eigenvalue weighted by Crippen LogP contribution is 2.28. The van der Waals surface area contributed by atoms with Crippen LogP contribution in [0.25, 0.3) is 0 Å². The lowest BCUT2D eigenvalue weighted by atomic mass is 10.2. The van der Waals surface area contributed by atoms with Gasteiger partial charge in [0.25, 0.3) is 0 Å². The molecular weight excluding hydrogens is 221 g/mol. The van der Waals surface area contributed by atoms with E-state index in [4.69, 9.17) is 33.7 Å². The van der Waals surface area contributed by atoms with Gasteiger partial charge in [-0.1, -0.05) is 41.9 Å². The summed E-state index contributed by atoms with van der Waals surface area (Å²) in [6, 6.07) is 5.43. The summed E-state index contributed by atoms with van der Waals surface area (Å²) in [4.78, 5) is 0. The third-order valence-electron chi connectivity index (χ3n) is 1.64. The van der Waals surface area contributed by atoms with E-state index in [2.05, 4.69) is 6.58 Å². The number of hydrogen-bond acceptors (Lipinski definition) is 2. The maximum Gasteiger partial charge on any atom is 0.142 e. The summed E-state index contributed by atoms with van der Waals surface area (Å²) in [5, 5.41) is 0.957. The Kier molecular flexibility index (Phi) is 4.26. The van der Waals surface area contributed by atoms with Crippen molar-refractivity contribution in [3.05, 3.63) is 40.4 Å². The molecule has 0 bridgehead atoms. The van der Waals surface area contributed by atoms with Crippen molar-refractivity contribution in [2.45, 2.75) is 6.54 Å². The number of ether oxygens (including phenoxy) is 1. The van der Waals surface area contributed by atoms with E-state index in [1.807, 2.05) is 12.1 Å². The molecule has 0 spiro atoms. The molecule has 1 rings (SSSR count). The number of para-hydroxylation sites is 1. The molecule has 0 atom stereocenters. The van der Waals surface area contributed by atoms with Gasteiger partial charge in [-0.3, -0.25) is 0 Å². The van der Waals surface area contributed by atoms with Gasteiger partial charge in [0.2, 0.25) is 0 Å². The first-order valence-corrected chi connectivity index (χ1v) is 4.84. The minimum Gasteiger partial charge on any atom is -0.486 e. The van der Waals surface area contributed by atoms with Gasteiger partial charge in [0.15, 0.2) is 0 Å². The van der Waals surface area contributed by atoms with E-state index < -0.39 is 0 Å². The zero-order chi connectivity index (χ0) is 10.6. The van der Waals surface area contributed by atoms with Crippen LogP contribution in [0, 0.1) is 0 Å². The van der Waals surface area contributed by atoms with Gasteiger partial charge in [0, 0.05) is 17.1 Å². The van der Waals surface area contributed by atoms with E-state index in [9.17, 15) is 0 Å². The van der Waals surface area contributed by atoms with Crippen molar-refractivity contribution in [2.24, 2.45) is 5.73 Å². The number of benzene rings is 1. The number of hydrogen-bond donors (Lipinski definition) is 1. The molecule has 14 heavy (non-hydrogen) atoms. The van der Waals surface area contributed by atoms with Gasteiger partial charge in [0.1, 0.15) is 12.4 Å². The summed E-state index contributed by atoms with van der Waals surface area (Å²) in [6.07, 6.45) is 0. The zero-order valence-corrected chi connectivity index (χ0v) is 9.11. The van der Waals surface area contributed by atoms with E-state index in [1.54, 1.807) is 6.07 Å². The van der Waals surface area contributed by atoms with Crippen LogP contribution in [0.5, 0.6) is 5.75 Å². The van der Waals surface area contributed by atoms with E-state index in [0.717, 1.165) is 5.56 Å². The smallest absolute Gasteiger partial charge is 0.142 e. The molecule has 0 unspecified atom stereocenters. The molecule has 0 aliphatic rings. The maximum absolute atomic E-state index is 5.94. The fourth-order valence-electron chi connectivity index (χ4n) is 1.03. The van der Waals surface area contributed by atoms with Crippen molar-refractivity contribution in [3.63, 3.8) is 0 Å². The molecule has 76 valence electrons. The fourth-order valence-corrected chi connectivity index (χ4v) is 1.33. The predicted octanol–water partition coefficient (Wildman–Crippen LogP) is 2.93. The Morgan fingerprint density at radius 2 is 2.21 bits per heavy atom. The van der Waals surface area contributed by atoms with Crippen LogP contribution in [0.3, 0.4) is 0 Å². The Bertz CT molecular complexity index is 339. The first-order chi connectivity index (χ1) is 6.65. The molecule has 0 radical (unpaired) electrons. The predicted molar refractivity (Wildman–Crippen MR) is 59.8 cm³/mol. The summed E-state index contributed by atoms with van der Waals surface area (Å²) in [7, 11) is 0. The van der Waals surface area contributed by atoms with Crippen LogP contribution >= 0.6 is 23.2 Å². The average molecular weight is 232 g/mol. The second-order valence-electron chi connectivity index (χ2n) is 2.74. The summed E-state index contributed by atoms with van der Waals surface area (Å²) in [5.41, 5.74) is 6.39. The van der Waals surface area contributed by atoms with Crippen LogP contribution in [0.4, 0.5) is 0 Å². The molecular formula is C10H11Cl2NO. The SMILES string of the molecule is C=C(Cl)COc1c(Cl)cccc1CN. The van der Waals surface area contributed by atoms with Gasteiger partial charge in [-0.2, -0.15) is 0 Å². The van der Waals surface area contributed by atoms with E-state index in [0.29, 0.717) is 22.3 Å². The van der Waals surface area contributed by atoms with Crippen molar-refractivity contribution in [1.82, 2.24) is 0 Å². The van der Waals surface area contributed by atoms with E-state index in [1.165, 1.54) is 0 Å². The molecule has 2 nitrogen and oxygen atoms in total. The molecule has 1 aromatic rings. The summed E-state index contributed by atoms with van der Waals surface area (Å²) >= 11 is 11.5. The van der Waals surface area contributed by atoms with Gasteiger partial charge in [-0.15, -0.1) is 0 Å². The number of halogens is 2. The van der Waals surface area contributed by atoms with Crippen molar-refractivity contribution < 1.29 is 4.74 Å². The monoisotopic (exact) mass is 231 g/mol. The van der Waals surface area contributed by atoms with Crippen LogP contribution < -0.4 is 10.5 Å². The van der Waals surface area contributed by atoms with Gasteiger partial charge in [-0.25, -0.2) is 0 Å². The molecule has 0 saturated carbocycles. The minimum atomic E-state index is 0.234. The molecule has 4 heteroatoms. The maximum atomic E-state index is 5.94. The lowest BCUT2D eigenvalue weighted by Gasteiger charge is -2.10. The van der Waals surface area contributed by atoms with Crippen LogP contribution in [-0.4, -0.2) is 6.61 Å². The Balaban J connectivity index is 2.87. The molecule has 0 saturated heterocycles. The molecule has 0 amide bonds. The van der Waals surface area contributed by atoms with Gasteiger partial charge >= 0.3 is 0 Å². The second-order valence-corrected chi connectivity index (χ2v) is 3.68. The highest BCUT2D eigenvalue weighted by atomic mass is 35.5. The fraction of sp³-hybridized carbons (Fsp3) is 0.200. The standard InChI is InChI=1S/C10H11Cl2NO/c1-7(11)6-14-10-8(5-13)3-2-4-9(10)12/h2-4H,1,5-6,13H2. The summed E-state index contributed by atoms with van der Waals surface area (Å²) in [6.45, 7) is 4.14. The Hall–Kier alpha value is -0.700. The largest absolute Gasteiger partial charge is 0.486 e. The van der Waals surface area contributed by atoms with Gasteiger partial charge in [-0.05, 0) is 6.07 Å². The van der Waals surface area contributed by atoms with Crippen LogP contribution in [0.15, 0.2) is 29.8 Å². The highest BCUT2D eigenvalue weighted by molar-refractivity contribution is 6.32. The lowest BCUT2D eigenvalue weighted by molar-refractivity contribution is 0.356. The Labute approximate surface area is 93.3 Å². The molecule has 0 heterocycles. The Morgan fingerprint density at radius 1 is 1.50 bits per heavy atom. The van der Waals surface area contributed by atoms with Crippen molar-refractivity contribution in [1.29, 1.82) is 0 Å². The van der Waals surface area contributed by atoms with Gasteiger partial charge in [0.05, 0.1) is 5.02 Å². The first kappa shape index (κ1) is 11.4. The van der Waals surface area contributed by atoms with Crippen molar-refractivity contribution in [2.75, 3.05) is 6.61 Å². The number of rotatable bonds is 4. The minimum absolute atomic E-state index is 0.234. The summed E-state index contributed by atoms with van der Waals surface area (Å²) in [5.74, 6) is 0.582. The molecule has 0 aliphatic carbocycles. The first-order valence-electron chi connectivity index (χ1n) is 4.08. The van der Waals surface area contributed by atoms with Crippen LogP contribution in [0.1, 0.15) is 5.56 Å². The normalized spacial score (nSPS) is 9.93. The van der Waals surface area contributed by atoms with Gasteiger partial charge < -0.3 is 10.5 Å². The molecule has 2 N–H and O–H groups in total. The number of nitrogens with two attached hydrogens (primary N) is 1. The lowest BCUT2D eigenvalue weighted by Crippen LogP contribution is -2.04. The van der Waals surface area contributed by atoms with Crippen molar-refractivity contribution >= 4 is 23.2 Å². The average Bonchev–Trinajstić information content (AvgIpc) is 2.15. The van der Waals surface area contributed by atoms with E-state index in [-0.39, 0.29) is 6.61 Å². The summed E-state index contributed by atoms with van der Waals surface area (Å²) < 4.78 is 5.38. The van der Waals surface area contributed by atoms with Crippen LogP contribution in [0.2, 0.25) is 5.02 Å². The van der Waals surface area contributed by atoms with E-state index >= 15 is 0 Å². The third kappa shape index (κ3) is 2.91. The molecule has 0 fully saturated rings. The molecule has 0 aromatic heterocycles. The quantitative estimate of drug-likeness (QED) is 0.866.